The molecule has 8 heteroatoms. The van der Waals surface area contributed by atoms with E-state index in [0.717, 1.165) is 0 Å². The molecule has 0 atom stereocenters. The SMILES string of the molecule is CCOc1cc(/C=N\NC(=O)c2ccccn2)ccc1OC(=O)c1ccccc1Cl. The predicted molar refractivity (Wildman–Crippen MR) is 113 cm³/mol. The molecule has 0 spiro atoms. The van der Waals surface area contributed by atoms with Gasteiger partial charge >= 0.3 is 5.97 Å². The largest absolute Gasteiger partial charge is 0.490 e. The number of benzene rings is 2. The van der Waals surface area contributed by atoms with Crippen molar-refractivity contribution in [2.24, 2.45) is 5.10 Å². The number of hydrazone groups is 1. The molecule has 3 rings (SSSR count). The summed E-state index contributed by atoms with van der Waals surface area (Å²) < 4.78 is 11.0. The van der Waals surface area contributed by atoms with Crippen LogP contribution in [0, 0.1) is 0 Å². The summed E-state index contributed by atoms with van der Waals surface area (Å²) in [6.07, 6.45) is 2.97. The number of hydrogen-bond acceptors (Lipinski definition) is 6. The van der Waals surface area contributed by atoms with Gasteiger partial charge in [0.25, 0.3) is 5.91 Å². The van der Waals surface area contributed by atoms with Crippen LogP contribution in [0.5, 0.6) is 11.5 Å². The number of nitrogens with zero attached hydrogens (tertiary/aromatic N) is 2. The number of esters is 1. The van der Waals surface area contributed by atoms with Crippen LogP contribution >= 0.6 is 11.6 Å². The fourth-order valence-electron chi connectivity index (χ4n) is 2.46. The van der Waals surface area contributed by atoms with Crippen molar-refractivity contribution in [1.29, 1.82) is 0 Å². The van der Waals surface area contributed by atoms with Crippen molar-refractivity contribution in [3.8, 4) is 11.5 Å². The molecule has 1 amide bonds. The number of carbonyl (C=O) groups excluding carboxylic acids is 2. The zero-order valence-electron chi connectivity index (χ0n) is 16.0. The number of aromatic nitrogens is 1. The molecule has 3 aromatic rings. The summed E-state index contributed by atoms with van der Waals surface area (Å²) in [5, 5.41) is 4.22. The lowest BCUT2D eigenvalue weighted by molar-refractivity contribution is 0.0728. The number of nitrogens with one attached hydrogen (secondary N) is 1. The maximum atomic E-state index is 12.4. The number of rotatable bonds is 7. The van der Waals surface area contributed by atoms with E-state index in [1.165, 1.54) is 12.4 Å². The molecule has 2 aromatic carbocycles. The van der Waals surface area contributed by atoms with Crippen LogP contribution in [0.15, 0.2) is 72.0 Å². The minimum Gasteiger partial charge on any atom is -0.490 e. The Hall–Kier alpha value is -3.71. The van der Waals surface area contributed by atoms with E-state index in [1.807, 2.05) is 6.92 Å². The highest BCUT2D eigenvalue weighted by Gasteiger charge is 2.15. The second-order valence-electron chi connectivity index (χ2n) is 5.92. The number of ether oxygens (including phenoxy) is 2. The predicted octanol–water partition coefficient (Wildman–Crippen LogP) is 4.12. The van der Waals surface area contributed by atoms with E-state index in [0.29, 0.717) is 22.9 Å². The lowest BCUT2D eigenvalue weighted by Crippen LogP contribution is -2.18. The molecule has 0 fully saturated rings. The summed E-state index contributed by atoms with van der Waals surface area (Å²) in [6.45, 7) is 2.18. The average molecular weight is 424 g/mol. The highest BCUT2D eigenvalue weighted by Crippen LogP contribution is 2.29. The van der Waals surface area contributed by atoms with Gasteiger partial charge in [0, 0.05) is 6.20 Å². The van der Waals surface area contributed by atoms with Crippen molar-refractivity contribution in [2.45, 2.75) is 6.92 Å². The molecular formula is C22H18ClN3O4. The minimum absolute atomic E-state index is 0.247. The van der Waals surface area contributed by atoms with Gasteiger partial charge in [-0.05, 0) is 55.0 Å². The van der Waals surface area contributed by atoms with E-state index in [-0.39, 0.29) is 17.0 Å². The van der Waals surface area contributed by atoms with Crippen LogP contribution in [0.4, 0.5) is 0 Å². The standard InChI is InChI=1S/C22H18ClN3O4/c1-2-29-20-13-15(14-25-26-21(27)18-9-5-6-12-24-18)10-11-19(20)30-22(28)16-7-3-4-8-17(16)23/h3-14H,2H2,1H3,(H,26,27)/b25-14-. The van der Waals surface area contributed by atoms with E-state index in [1.54, 1.807) is 60.7 Å². The highest BCUT2D eigenvalue weighted by molar-refractivity contribution is 6.33. The van der Waals surface area contributed by atoms with Crippen molar-refractivity contribution < 1.29 is 19.1 Å². The topological polar surface area (TPSA) is 89.9 Å². The summed E-state index contributed by atoms with van der Waals surface area (Å²) >= 11 is 6.05. The minimum atomic E-state index is -0.592. The third-order valence-corrected chi connectivity index (χ3v) is 4.17. The van der Waals surface area contributed by atoms with Gasteiger partial charge in [-0.3, -0.25) is 9.78 Å². The Bertz CT molecular complexity index is 1070. The summed E-state index contributed by atoms with van der Waals surface area (Å²) in [6, 6.07) is 16.5. The van der Waals surface area contributed by atoms with Gasteiger partial charge in [-0.1, -0.05) is 29.8 Å². The fourth-order valence-corrected chi connectivity index (χ4v) is 2.67. The van der Waals surface area contributed by atoms with Crippen LogP contribution < -0.4 is 14.9 Å². The van der Waals surface area contributed by atoms with E-state index < -0.39 is 11.9 Å². The van der Waals surface area contributed by atoms with Crippen molar-refractivity contribution in [2.75, 3.05) is 6.61 Å². The molecule has 0 aliphatic carbocycles. The second-order valence-corrected chi connectivity index (χ2v) is 6.33. The maximum absolute atomic E-state index is 12.4. The molecule has 0 bridgehead atoms. The van der Waals surface area contributed by atoms with Crippen molar-refractivity contribution in [1.82, 2.24) is 10.4 Å². The van der Waals surface area contributed by atoms with Gasteiger partial charge in [-0.25, -0.2) is 10.2 Å². The van der Waals surface area contributed by atoms with Gasteiger partial charge in [0.15, 0.2) is 11.5 Å². The Morgan fingerprint density at radius 1 is 1.10 bits per heavy atom. The zero-order valence-corrected chi connectivity index (χ0v) is 16.8. The maximum Gasteiger partial charge on any atom is 0.345 e. The van der Waals surface area contributed by atoms with Crippen molar-refractivity contribution >= 4 is 29.7 Å². The van der Waals surface area contributed by atoms with Crippen LogP contribution in [-0.2, 0) is 0 Å². The average Bonchev–Trinajstić information content (AvgIpc) is 2.76. The third-order valence-electron chi connectivity index (χ3n) is 3.84. The van der Waals surface area contributed by atoms with E-state index in [4.69, 9.17) is 21.1 Å². The van der Waals surface area contributed by atoms with Gasteiger partial charge in [0.05, 0.1) is 23.4 Å². The molecule has 0 unspecified atom stereocenters. The van der Waals surface area contributed by atoms with Crippen LogP contribution in [0.3, 0.4) is 0 Å². The lowest BCUT2D eigenvalue weighted by atomic mass is 10.2. The molecule has 1 N–H and O–H groups in total. The van der Waals surface area contributed by atoms with Crippen LogP contribution in [0.2, 0.25) is 5.02 Å². The van der Waals surface area contributed by atoms with E-state index in [9.17, 15) is 9.59 Å². The first-order valence-electron chi connectivity index (χ1n) is 9.06. The molecule has 0 aliphatic rings. The van der Waals surface area contributed by atoms with Crippen LogP contribution in [0.1, 0.15) is 33.3 Å². The number of carbonyl (C=O) groups is 2. The third kappa shape index (κ3) is 5.42. The molecule has 0 saturated carbocycles. The zero-order chi connectivity index (χ0) is 21.3. The summed E-state index contributed by atoms with van der Waals surface area (Å²) in [7, 11) is 0. The van der Waals surface area contributed by atoms with E-state index in [2.05, 4.69) is 15.5 Å². The lowest BCUT2D eigenvalue weighted by Gasteiger charge is -2.12. The second kappa shape index (κ2) is 10.2. The summed E-state index contributed by atoms with van der Waals surface area (Å²) in [5.74, 6) is -0.415. The molecular weight excluding hydrogens is 406 g/mol. The van der Waals surface area contributed by atoms with Gasteiger partial charge in [-0.2, -0.15) is 5.10 Å². The molecule has 30 heavy (non-hydrogen) atoms. The molecule has 0 radical (unpaired) electrons. The smallest absolute Gasteiger partial charge is 0.345 e. The van der Waals surface area contributed by atoms with Crippen LogP contribution in [-0.4, -0.2) is 29.7 Å². The van der Waals surface area contributed by atoms with E-state index >= 15 is 0 Å². The Morgan fingerprint density at radius 2 is 1.90 bits per heavy atom. The Balaban J connectivity index is 1.72. The number of pyridine rings is 1. The number of halogens is 1. The quantitative estimate of drug-likeness (QED) is 0.267. The van der Waals surface area contributed by atoms with Gasteiger partial charge in [-0.15, -0.1) is 0 Å². The monoisotopic (exact) mass is 423 g/mol. The fraction of sp³-hybridized carbons (Fsp3) is 0.0909. The van der Waals surface area contributed by atoms with Gasteiger partial charge < -0.3 is 9.47 Å². The summed E-state index contributed by atoms with van der Waals surface area (Å²) in [4.78, 5) is 28.3. The van der Waals surface area contributed by atoms with Crippen LogP contribution in [0.25, 0.3) is 0 Å². The van der Waals surface area contributed by atoms with Gasteiger partial charge in [0.2, 0.25) is 0 Å². The first-order valence-corrected chi connectivity index (χ1v) is 9.44. The van der Waals surface area contributed by atoms with Crippen molar-refractivity contribution in [3.05, 3.63) is 88.7 Å². The first kappa shape index (κ1) is 21.0. The molecule has 7 nitrogen and oxygen atoms in total. The Kier molecular flexibility index (Phi) is 7.13. The number of hydrogen-bond donors (Lipinski definition) is 1. The molecule has 152 valence electrons. The summed E-state index contributed by atoms with van der Waals surface area (Å²) in [5.41, 5.74) is 3.55. The Labute approximate surface area is 178 Å². The molecule has 1 heterocycles. The number of amides is 1. The van der Waals surface area contributed by atoms with Gasteiger partial charge in [0.1, 0.15) is 5.69 Å². The molecule has 0 aliphatic heterocycles. The molecule has 1 aromatic heterocycles. The Morgan fingerprint density at radius 3 is 2.63 bits per heavy atom. The van der Waals surface area contributed by atoms with Crippen molar-refractivity contribution in [3.63, 3.8) is 0 Å². The highest BCUT2D eigenvalue weighted by atomic mass is 35.5. The normalized spacial score (nSPS) is 10.6. The first-order chi connectivity index (χ1) is 14.6. The molecule has 0 saturated heterocycles.